The summed E-state index contributed by atoms with van der Waals surface area (Å²) in [4.78, 5) is 14.7. The largest absolute Gasteiger partial charge is 0.494 e. The first-order valence-electron chi connectivity index (χ1n) is 8.37. The minimum atomic E-state index is -0.502. The van der Waals surface area contributed by atoms with Crippen LogP contribution >= 0.6 is 0 Å². The van der Waals surface area contributed by atoms with E-state index in [2.05, 4.69) is 12.1 Å². The van der Waals surface area contributed by atoms with Gasteiger partial charge in [0.1, 0.15) is 0 Å². The van der Waals surface area contributed by atoms with Crippen LogP contribution in [0.4, 0.5) is 4.39 Å². The van der Waals surface area contributed by atoms with Crippen molar-refractivity contribution in [3.8, 4) is 5.75 Å². The molecule has 24 heavy (non-hydrogen) atoms. The summed E-state index contributed by atoms with van der Waals surface area (Å²) in [6, 6.07) is 14.7. The summed E-state index contributed by atoms with van der Waals surface area (Å²) in [5, 5.41) is 0. The third-order valence-electron chi connectivity index (χ3n) is 4.63. The molecule has 0 aromatic heterocycles. The number of benzene rings is 2. The van der Waals surface area contributed by atoms with Gasteiger partial charge in [-0.1, -0.05) is 36.8 Å². The fraction of sp³-hybridized carbons (Fsp3) is 0.350. The number of amides is 1. The van der Waals surface area contributed by atoms with Crippen LogP contribution in [0.2, 0.25) is 0 Å². The second kappa shape index (κ2) is 7.47. The van der Waals surface area contributed by atoms with E-state index in [0.29, 0.717) is 18.0 Å². The van der Waals surface area contributed by atoms with Crippen LogP contribution in [0.3, 0.4) is 0 Å². The zero-order valence-corrected chi connectivity index (χ0v) is 13.9. The van der Waals surface area contributed by atoms with Crippen molar-refractivity contribution in [1.29, 1.82) is 0 Å². The molecule has 2 aromatic carbocycles. The third kappa shape index (κ3) is 3.58. The Balaban J connectivity index is 1.79. The summed E-state index contributed by atoms with van der Waals surface area (Å²) in [6.45, 7) is 1.40. The number of carbonyl (C=O) groups is 1. The SMILES string of the molecule is COc1ccc(C(=O)N2CCCCC(c3ccccc3)C2)cc1F. The maximum absolute atomic E-state index is 13.9. The minimum Gasteiger partial charge on any atom is -0.494 e. The first kappa shape index (κ1) is 16.5. The van der Waals surface area contributed by atoms with Gasteiger partial charge in [-0.25, -0.2) is 4.39 Å². The van der Waals surface area contributed by atoms with Crippen molar-refractivity contribution < 1.29 is 13.9 Å². The molecule has 1 heterocycles. The van der Waals surface area contributed by atoms with Crippen molar-refractivity contribution in [2.75, 3.05) is 20.2 Å². The van der Waals surface area contributed by atoms with Crippen molar-refractivity contribution in [2.24, 2.45) is 0 Å². The van der Waals surface area contributed by atoms with Gasteiger partial charge in [-0.15, -0.1) is 0 Å². The fourth-order valence-electron chi connectivity index (χ4n) is 3.31. The normalized spacial score (nSPS) is 18.1. The predicted octanol–water partition coefficient (Wildman–Crippen LogP) is 4.24. The minimum absolute atomic E-state index is 0.112. The lowest BCUT2D eigenvalue weighted by molar-refractivity contribution is 0.0754. The van der Waals surface area contributed by atoms with Crippen LogP contribution in [-0.2, 0) is 0 Å². The monoisotopic (exact) mass is 327 g/mol. The summed E-state index contributed by atoms with van der Waals surface area (Å²) in [7, 11) is 1.42. The van der Waals surface area contributed by atoms with Gasteiger partial charge in [0.25, 0.3) is 5.91 Å². The van der Waals surface area contributed by atoms with Gasteiger partial charge in [-0.3, -0.25) is 4.79 Å². The molecule has 0 radical (unpaired) electrons. The number of halogens is 1. The number of hydrogen-bond acceptors (Lipinski definition) is 2. The highest BCUT2D eigenvalue weighted by Crippen LogP contribution is 2.27. The van der Waals surface area contributed by atoms with Gasteiger partial charge in [-0.05, 0) is 36.6 Å². The first-order valence-corrected chi connectivity index (χ1v) is 8.37. The van der Waals surface area contributed by atoms with Gasteiger partial charge in [-0.2, -0.15) is 0 Å². The fourth-order valence-corrected chi connectivity index (χ4v) is 3.31. The van der Waals surface area contributed by atoms with E-state index in [0.717, 1.165) is 25.8 Å². The van der Waals surface area contributed by atoms with Gasteiger partial charge in [0, 0.05) is 24.6 Å². The highest BCUT2D eigenvalue weighted by molar-refractivity contribution is 5.94. The topological polar surface area (TPSA) is 29.5 Å². The van der Waals surface area contributed by atoms with Crippen LogP contribution < -0.4 is 4.74 Å². The second-order valence-electron chi connectivity index (χ2n) is 6.20. The Labute approximate surface area is 142 Å². The second-order valence-corrected chi connectivity index (χ2v) is 6.20. The highest BCUT2D eigenvalue weighted by atomic mass is 19.1. The zero-order chi connectivity index (χ0) is 16.9. The van der Waals surface area contributed by atoms with E-state index < -0.39 is 5.82 Å². The van der Waals surface area contributed by atoms with Crippen LogP contribution in [0, 0.1) is 5.82 Å². The molecule has 1 unspecified atom stereocenters. The van der Waals surface area contributed by atoms with Gasteiger partial charge in [0.05, 0.1) is 7.11 Å². The predicted molar refractivity (Wildman–Crippen MR) is 91.9 cm³/mol. The van der Waals surface area contributed by atoms with E-state index in [1.54, 1.807) is 6.07 Å². The molecule has 1 saturated heterocycles. The Morgan fingerprint density at radius 3 is 2.67 bits per heavy atom. The molecule has 0 spiro atoms. The molecular weight excluding hydrogens is 305 g/mol. The van der Waals surface area contributed by atoms with Crippen LogP contribution in [0.5, 0.6) is 5.75 Å². The Bertz CT molecular complexity index is 702. The summed E-state index contributed by atoms with van der Waals surface area (Å²) in [6.07, 6.45) is 3.15. The summed E-state index contributed by atoms with van der Waals surface area (Å²) < 4.78 is 18.8. The first-order chi connectivity index (χ1) is 11.7. The number of rotatable bonds is 3. The smallest absolute Gasteiger partial charge is 0.253 e. The molecule has 0 N–H and O–H groups in total. The summed E-state index contributed by atoms with van der Waals surface area (Å²) in [5.41, 5.74) is 1.64. The van der Waals surface area contributed by atoms with E-state index in [4.69, 9.17) is 4.74 Å². The lowest BCUT2D eigenvalue weighted by Gasteiger charge is -2.25. The molecule has 1 atom stereocenters. The van der Waals surface area contributed by atoms with Crippen LogP contribution in [-0.4, -0.2) is 31.0 Å². The molecule has 0 bridgehead atoms. The summed E-state index contributed by atoms with van der Waals surface area (Å²) >= 11 is 0. The molecule has 126 valence electrons. The molecule has 4 heteroatoms. The maximum Gasteiger partial charge on any atom is 0.253 e. The molecule has 3 nitrogen and oxygen atoms in total. The lowest BCUT2D eigenvalue weighted by atomic mass is 9.94. The van der Waals surface area contributed by atoms with Crippen LogP contribution in [0.25, 0.3) is 0 Å². The average Bonchev–Trinajstić information content (AvgIpc) is 2.88. The van der Waals surface area contributed by atoms with E-state index >= 15 is 0 Å². The average molecular weight is 327 g/mol. The molecule has 3 rings (SSSR count). The maximum atomic E-state index is 13.9. The van der Waals surface area contributed by atoms with Crippen LogP contribution in [0.1, 0.15) is 41.1 Å². The number of ether oxygens (including phenoxy) is 1. The van der Waals surface area contributed by atoms with Gasteiger partial charge in [0.15, 0.2) is 11.6 Å². The number of carbonyl (C=O) groups excluding carboxylic acids is 1. The van der Waals surface area contributed by atoms with E-state index in [9.17, 15) is 9.18 Å². The molecule has 1 amide bonds. The Hall–Kier alpha value is -2.36. The number of hydrogen-bond donors (Lipinski definition) is 0. The molecule has 1 fully saturated rings. The molecular formula is C20H22FNO2. The molecule has 0 saturated carbocycles. The van der Waals surface area contributed by atoms with E-state index in [-0.39, 0.29) is 11.7 Å². The zero-order valence-electron chi connectivity index (χ0n) is 13.9. The standard InChI is InChI=1S/C20H22FNO2/c1-24-19-11-10-16(13-18(19)21)20(23)22-12-6-5-9-17(14-22)15-7-3-2-4-8-15/h2-4,7-8,10-11,13,17H,5-6,9,12,14H2,1H3. The Morgan fingerprint density at radius 2 is 1.96 bits per heavy atom. The number of nitrogens with zero attached hydrogens (tertiary/aromatic N) is 1. The number of methoxy groups -OCH3 is 1. The Kier molecular flexibility index (Phi) is 5.14. The van der Waals surface area contributed by atoms with Gasteiger partial charge >= 0.3 is 0 Å². The molecule has 1 aliphatic rings. The van der Waals surface area contributed by atoms with E-state index in [1.807, 2.05) is 23.1 Å². The van der Waals surface area contributed by atoms with Crippen LogP contribution in [0.15, 0.2) is 48.5 Å². The Morgan fingerprint density at radius 1 is 1.17 bits per heavy atom. The molecule has 1 aliphatic heterocycles. The molecule has 2 aromatic rings. The third-order valence-corrected chi connectivity index (χ3v) is 4.63. The van der Waals surface area contributed by atoms with Crippen molar-refractivity contribution in [2.45, 2.75) is 25.2 Å². The van der Waals surface area contributed by atoms with E-state index in [1.165, 1.54) is 24.8 Å². The number of likely N-dealkylation sites (tertiary alicyclic amines) is 1. The quantitative estimate of drug-likeness (QED) is 0.844. The highest BCUT2D eigenvalue weighted by Gasteiger charge is 2.24. The van der Waals surface area contributed by atoms with Crippen molar-refractivity contribution in [1.82, 2.24) is 4.90 Å². The molecule has 0 aliphatic carbocycles. The lowest BCUT2D eigenvalue weighted by Crippen LogP contribution is -2.34. The van der Waals surface area contributed by atoms with Gasteiger partial charge in [0.2, 0.25) is 0 Å². The van der Waals surface area contributed by atoms with Crippen molar-refractivity contribution in [3.63, 3.8) is 0 Å². The summed E-state index contributed by atoms with van der Waals surface area (Å²) in [5.74, 6) is -0.123. The van der Waals surface area contributed by atoms with Gasteiger partial charge < -0.3 is 9.64 Å². The van der Waals surface area contributed by atoms with Crippen molar-refractivity contribution >= 4 is 5.91 Å². The van der Waals surface area contributed by atoms with Crippen molar-refractivity contribution in [3.05, 3.63) is 65.5 Å².